The average Bonchev–Trinajstić information content (AvgIpc) is 2.50. The van der Waals surface area contributed by atoms with Gasteiger partial charge in [0.05, 0.1) is 22.0 Å². The molecule has 0 bridgehead atoms. The van der Waals surface area contributed by atoms with E-state index in [2.05, 4.69) is 5.32 Å². The summed E-state index contributed by atoms with van der Waals surface area (Å²) in [5, 5.41) is 12.4. The molecule has 2 N–H and O–H groups in total. The van der Waals surface area contributed by atoms with Crippen LogP contribution in [0.5, 0.6) is 0 Å². The number of carboxylic acid groups (broad SMARTS) is 1. The van der Waals surface area contributed by atoms with Gasteiger partial charge in [-0.3, -0.25) is 9.59 Å². The Bertz CT molecular complexity index is 994. The summed E-state index contributed by atoms with van der Waals surface area (Å²) in [5.74, 6) is -1.21. The quantitative estimate of drug-likeness (QED) is 0.725. The number of nitrogens with one attached hydrogen (secondary N) is 1. The van der Waals surface area contributed by atoms with Crippen molar-refractivity contribution in [3.8, 4) is 0 Å². The highest BCUT2D eigenvalue weighted by molar-refractivity contribution is 6.10. The summed E-state index contributed by atoms with van der Waals surface area (Å²) in [7, 11) is 0. The third kappa shape index (κ3) is 1.90. The molecule has 3 aromatic rings. The van der Waals surface area contributed by atoms with Gasteiger partial charge in [0.1, 0.15) is 0 Å². The van der Waals surface area contributed by atoms with Crippen LogP contribution in [0.3, 0.4) is 0 Å². The molecule has 0 heterocycles. The fraction of sp³-hybridized carbons (Fsp3) is 0.118. The van der Waals surface area contributed by atoms with Crippen LogP contribution in [-0.2, 0) is 0 Å². The molecule has 0 saturated heterocycles. The number of fused-ring (bicyclic) bond motifs is 1. The lowest BCUT2D eigenvalue weighted by Crippen LogP contribution is -2.33. The molecule has 5 nitrogen and oxygen atoms in total. The molecule has 0 aliphatic rings. The van der Waals surface area contributed by atoms with E-state index in [1.165, 1.54) is 12.1 Å². The lowest BCUT2D eigenvalue weighted by molar-refractivity contribution is 0.0699. The number of carbonyl (C=O) groups is 1. The van der Waals surface area contributed by atoms with Crippen LogP contribution in [0, 0.1) is 13.8 Å². The number of rotatable bonds is 3. The van der Waals surface area contributed by atoms with Crippen molar-refractivity contribution in [3.63, 3.8) is 0 Å². The van der Waals surface area contributed by atoms with E-state index in [0.29, 0.717) is 5.69 Å². The Morgan fingerprint density at radius 2 is 1.64 bits per heavy atom. The number of aromatic carboxylic acids is 1. The molecule has 0 saturated carbocycles. The van der Waals surface area contributed by atoms with Crippen LogP contribution >= 0.6 is 0 Å². The van der Waals surface area contributed by atoms with Crippen molar-refractivity contribution in [1.82, 2.24) is 0 Å². The van der Waals surface area contributed by atoms with Crippen molar-refractivity contribution in [2.45, 2.75) is 13.8 Å². The number of aryl methyl sites for hydroxylation is 1. The van der Waals surface area contributed by atoms with Crippen molar-refractivity contribution < 1.29 is 9.90 Å². The number of hydrogen-bond acceptors (Lipinski definition) is 4. The van der Waals surface area contributed by atoms with Crippen molar-refractivity contribution >= 4 is 28.1 Å². The van der Waals surface area contributed by atoms with E-state index in [1.807, 2.05) is 32.0 Å². The van der Waals surface area contributed by atoms with Gasteiger partial charge < -0.3 is 10.4 Å². The smallest absolute Gasteiger partial charge is 0.336 e. The summed E-state index contributed by atoms with van der Waals surface area (Å²) in [4.78, 5) is 34.6. The summed E-state index contributed by atoms with van der Waals surface area (Å²) in [6, 6.07) is 8.59. The highest BCUT2D eigenvalue weighted by Gasteiger charge is 2.23. The van der Waals surface area contributed by atoms with Gasteiger partial charge in [-0.25, -0.2) is 4.79 Å². The minimum absolute atomic E-state index is 0.00666. The highest BCUT2D eigenvalue weighted by atomic mass is 16.4. The first-order chi connectivity index (χ1) is 10.4. The molecule has 0 atom stereocenters. The molecule has 110 valence electrons. The molecule has 0 aromatic heterocycles. The summed E-state index contributed by atoms with van der Waals surface area (Å²) in [6.07, 6.45) is 0. The minimum atomic E-state index is -1.21. The van der Waals surface area contributed by atoms with Gasteiger partial charge in [-0.05, 0) is 43.2 Å². The second-order valence-electron chi connectivity index (χ2n) is 5.25. The van der Waals surface area contributed by atoms with Gasteiger partial charge in [0.15, 0.2) is 0 Å². The van der Waals surface area contributed by atoms with Crippen LogP contribution in [0.2, 0.25) is 0 Å². The largest absolute Gasteiger partial charge is 0.478 e. The molecule has 0 radical (unpaired) electrons. The summed E-state index contributed by atoms with van der Waals surface area (Å²) in [6.45, 7) is 3.92. The Morgan fingerprint density at radius 3 is 2.32 bits per heavy atom. The topological polar surface area (TPSA) is 83.5 Å². The Labute approximate surface area is 125 Å². The molecule has 0 aliphatic heterocycles. The van der Waals surface area contributed by atoms with E-state index in [9.17, 15) is 14.4 Å². The van der Waals surface area contributed by atoms with Crippen molar-refractivity contribution in [2.75, 3.05) is 5.32 Å². The van der Waals surface area contributed by atoms with Crippen molar-refractivity contribution in [1.29, 1.82) is 0 Å². The fourth-order valence-corrected chi connectivity index (χ4v) is 2.55. The zero-order valence-corrected chi connectivity index (χ0v) is 12.1. The van der Waals surface area contributed by atoms with Gasteiger partial charge in [-0.2, -0.15) is 0 Å². The lowest BCUT2D eigenvalue weighted by Gasteiger charge is -2.15. The number of anilines is 2. The SMILES string of the molecule is Cc1cccc(Nc2ccc(C(=O)O)c3c(=O)c(=O)c23)c1C. The third-order valence-electron chi connectivity index (χ3n) is 3.97. The normalized spacial score (nSPS) is 11.0. The van der Waals surface area contributed by atoms with Crippen LogP contribution in [0.1, 0.15) is 21.5 Å². The Hall–Kier alpha value is -2.95. The molecule has 22 heavy (non-hydrogen) atoms. The molecule has 0 spiro atoms. The predicted molar refractivity (Wildman–Crippen MR) is 85.0 cm³/mol. The number of hydrogen-bond donors (Lipinski definition) is 2. The van der Waals surface area contributed by atoms with E-state index in [4.69, 9.17) is 5.11 Å². The molecular weight excluding hydrogens is 282 g/mol. The molecule has 0 fully saturated rings. The van der Waals surface area contributed by atoms with Gasteiger partial charge in [0.25, 0.3) is 0 Å². The summed E-state index contributed by atoms with van der Waals surface area (Å²) >= 11 is 0. The molecule has 3 rings (SSSR count). The third-order valence-corrected chi connectivity index (χ3v) is 3.97. The van der Waals surface area contributed by atoms with Gasteiger partial charge in [0.2, 0.25) is 10.9 Å². The molecule has 0 aliphatic carbocycles. The fourth-order valence-electron chi connectivity index (χ4n) is 2.55. The van der Waals surface area contributed by atoms with E-state index in [-0.39, 0.29) is 16.3 Å². The average molecular weight is 295 g/mol. The summed E-state index contributed by atoms with van der Waals surface area (Å²) in [5.41, 5.74) is 1.87. The van der Waals surface area contributed by atoms with Crippen molar-refractivity contribution in [2.24, 2.45) is 0 Å². The van der Waals surface area contributed by atoms with E-state index < -0.39 is 16.8 Å². The first kappa shape index (κ1) is 14.0. The second kappa shape index (κ2) is 4.80. The first-order valence-corrected chi connectivity index (χ1v) is 6.74. The highest BCUT2D eigenvalue weighted by Crippen LogP contribution is 2.28. The monoisotopic (exact) mass is 295 g/mol. The zero-order valence-electron chi connectivity index (χ0n) is 12.1. The first-order valence-electron chi connectivity index (χ1n) is 6.74. The second-order valence-corrected chi connectivity index (χ2v) is 5.25. The minimum Gasteiger partial charge on any atom is -0.478 e. The van der Waals surface area contributed by atoms with Crippen LogP contribution < -0.4 is 16.2 Å². The Kier molecular flexibility index (Phi) is 3.06. The van der Waals surface area contributed by atoms with Crippen LogP contribution in [0.15, 0.2) is 39.9 Å². The van der Waals surface area contributed by atoms with Crippen molar-refractivity contribution in [3.05, 3.63) is 67.5 Å². The van der Waals surface area contributed by atoms with Crippen LogP contribution in [0.25, 0.3) is 10.8 Å². The van der Waals surface area contributed by atoms with E-state index >= 15 is 0 Å². The zero-order chi connectivity index (χ0) is 16.0. The molecule has 5 heteroatoms. The maximum atomic E-state index is 11.8. The van der Waals surface area contributed by atoms with Gasteiger partial charge >= 0.3 is 5.97 Å². The number of carboxylic acids is 1. The maximum Gasteiger partial charge on any atom is 0.336 e. The maximum absolute atomic E-state index is 11.8. The molecular formula is C17H13NO4. The summed E-state index contributed by atoms with van der Waals surface area (Å²) < 4.78 is 0. The van der Waals surface area contributed by atoms with Gasteiger partial charge in [-0.15, -0.1) is 0 Å². The molecule has 3 aromatic carbocycles. The molecule has 0 amide bonds. The van der Waals surface area contributed by atoms with E-state index in [1.54, 1.807) is 0 Å². The molecule has 0 unspecified atom stereocenters. The van der Waals surface area contributed by atoms with E-state index in [0.717, 1.165) is 16.8 Å². The van der Waals surface area contributed by atoms with Crippen LogP contribution in [-0.4, -0.2) is 11.1 Å². The van der Waals surface area contributed by atoms with Gasteiger partial charge in [-0.1, -0.05) is 12.1 Å². The number of benzene rings is 2. The van der Waals surface area contributed by atoms with Gasteiger partial charge in [0, 0.05) is 5.69 Å². The lowest BCUT2D eigenvalue weighted by atomic mass is 9.97. The standard InChI is InChI=1S/C17H13NO4/c1-8-4-3-5-11(9(8)2)18-12-7-6-10(17(21)22)13-14(12)16(20)15(13)19/h3-7,18H,1-2H3,(H,21,22). The van der Waals surface area contributed by atoms with Crippen LogP contribution in [0.4, 0.5) is 11.4 Å². The predicted octanol–water partition coefficient (Wildman–Crippen LogP) is 2.49. The Morgan fingerprint density at radius 1 is 0.955 bits per heavy atom. The Balaban J connectivity index is 2.18.